The molecule has 2 aliphatic heterocycles. The standard InChI is InChI=1S/C21H38N4O2.HI/c1-22-21(23-11-5-4-8-18-6-2-3-7-18)25-12-9-19(10-13-25)20(26)24-14-16-27-17-15-24;/h18-19H,2-17H2,1H3,(H,22,23);1H. The molecule has 6 nitrogen and oxygen atoms in total. The number of nitrogens with one attached hydrogen (secondary N) is 1. The number of rotatable bonds is 6. The lowest BCUT2D eigenvalue weighted by Gasteiger charge is -2.36. The average Bonchev–Trinajstić information content (AvgIpc) is 3.24. The molecule has 0 aromatic heterocycles. The third-order valence-corrected chi connectivity index (χ3v) is 6.48. The average molecular weight is 506 g/mol. The summed E-state index contributed by atoms with van der Waals surface area (Å²) >= 11 is 0. The van der Waals surface area contributed by atoms with Crippen molar-refractivity contribution in [1.82, 2.24) is 15.1 Å². The van der Waals surface area contributed by atoms with E-state index in [0.29, 0.717) is 19.1 Å². The summed E-state index contributed by atoms with van der Waals surface area (Å²) in [5.41, 5.74) is 0. The topological polar surface area (TPSA) is 57.2 Å². The van der Waals surface area contributed by atoms with Crippen molar-refractivity contribution >= 4 is 35.8 Å². The molecule has 7 heteroatoms. The van der Waals surface area contributed by atoms with Crippen LogP contribution in [-0.2, 0) is 9.53 Å². The molecule has 1 saturated carbocycles. The summed E-state index contributed by atoms with van der Waals surface area (Å²) in [6, 6.07) is 0. The van der Waals surface area contributed by atoms with Gasteiger partial charge in [0.05, 0.1) is 13.2 Å². The summed E-state index contributed by atoms with van der Waals surface area (Å²) in [5, 5.41) is 3.54. The zero-order valence-corrected chi connectivity index (χ0v) is 19.9. The highest BCUT2D eigenvalue weighted by Crippen LogP contribution is 2.28. The van der Waals surface area contributed by atoms with E-state index in [9.17, 15) is 4.79 Å². The van der Waals surface area contributed by atoms with Crippen LogP contribution in [0.5, 0.6) is 0 Å². The maximum atomic E-state index is 12.7. The van der Waals surface area contributed by atoms with Crippen molar-refractivity contribution in [2.45, 2.75) is 57.8 Å². The Bertz CT molecular complexity index is 483. The zero-order chi connectivity index (χ0) is 18.9. The number of hydrogen-bond acceptors (Lipinski definition) is 3. The first kappa shape index (κ1) is 23.7. The van der Waals surface area contributed by atoms with Crippen LogP contribution in [0.4, 0.5) is 0 Å². The van der Waals surface area contributed by atoms with Crippen LogP contribution in [0.15, 0.2) is 4.99 Å². The Balaban J connectivity index is 0.00000280. The van der Waals surface area contributed by atoms with Crippen LogP contribution in [0, 0.1) is 11.8 Å². The second-order valence-electron chi connectivity index (χ2n) is 8.32. The van der Waals surface area contributed by atoms with Gasteiger partial charge in [0.25, 0.3) is 0 Å². The third kappa shape index (κ3) is 7.04. The maximum Gasteiger partial charge on any atom is 0.225 e. The lowest BCUT2D eigenvalue weighted by atomic mass is 9.95. The number of aliphatic imine (C=N–C) groups is 1. The third-order valence-electron chi connectivity index (χ3n) is 6.48. The predicted octanol–water partition coefficient (Wildman–Crippen LogP) is 3.11. The molecule has 0 radical (unpaired) electrons. The molecule has 0 aromatic rings. The van der Waals surface area contributed by atoms with E-state index >= 15 is 0 Å². The van der Waals surface area contributed by atoms with Gasteiger partial charge in [-0.3, -0.25) is 9.79 Å². The Morgan fingerprint density at radius 3 is 2.32 bits per heavy atom. The minimum Gasteiger partial charge on any atom is -0.378 e. The Morgan fingerprint density at radius 1 is 1.00 bits per heavy atom. The van der Waals surface area contributed by atoms with Gasteiger partial charge in [0.1, 0.15) is 0 Å². The van der Waals surface area contributed by atoms with Crippen LogP contribution in [-0.4, -0.2) is 74.7 Å². The van der Waals surface area contributed by atoms with Crippen LogP contribution in [0.25, 0.3) is 0 Å². The first-order valence-corrected chi connectivity index (χ1v) is 11.1. The fourth-order valence-electron chi connectivity index (χ4n) is 4.77. The number of carbonyl (C=O) groups excluding carboxylic acids is 1. The van der Waals surface area contributed by atoms with E-state index in [0.717, 1.165) is 57.4 Å². The molecule has 0 spiro atoms. The Kier molecular flexibility index (Phi) is 10.9. The molecule has 3 aliphatic rings. The van der Waals surface area contributed by atoms with E-state index in [4.69, 9.17) is 4.74 Å². The molecule has 3 rings (SSSR count). The van der Waals surface area contributed by atoms with Crippen LogP contribution >= 0.6 is 24.0 Å². The summed E-state index contributed by atoms with van der Waals surface area (Å²) in [7, 11) is 1.87. The molecule has 1 amide bonds. The highest BCUT2D eigenvalue weighted by atomic mass is 127. The molecule has 0 aromatic carbocycles. The maximum absolute atomic E-state index is 12.7. The Morgan fingerprint density at radius 2 is 1.68 bits per heavy atom. The molecule has 0 unspecified atom stereocenters. The number of guanidine groups is 1. The smallest absolute Gasteiger partial charge is 0.225 e. The van der Waals surface area contributed by atoms with Crippen LogP contribution in [0.2, 0.25) is 0 Å². The number of likely N-dealkylation sites (tertiary alicyclic amines) is 1. The van der Waals surface area contributed by atoms with E-state index in [1.54, 1.807) is 0 Å². The molecular formula is C21H39IN4O2. The lowest BCUT2D eigenvalue weighted by molar-refractivity contribution is -0.140. The van der Waals surface area contributed by atoms with Crippen molar-refractivity contribution in [3.63, 3.8) is 0 Å². The number of amides is 1. The normalized spacial score (nSPS) is 22.2. The summed E-state index contributed by atoms with van der Waals surface area (Å²) in [6.07, 6.45) is 11.6. The fourth-order valence-corrected chi connectivity index (χ4v) is 4.77. The number of morpholine rings is 1. The van der Waals surface area contributed by atoms with Gasteiger partial charge < -0.3 is 19.9 Å². The molecule has 0 atom stereocenters. The van der Waals surface area contributed by atoms with Gasteiger partial charge in [0.2, 0.25) is 5.91 Å². The van der Waals surface area contributed by atoms with E-state index < -0.39 is 0 Å². The molecule has 3 fully saturated rings. The quantitative estimate of drug-likeness (QED) is 0.261. The minimum absolute atomic E-state index is 0. The molecular weight excluding hydrogens is 467 g/mol. The zero-order valence-electron chi connectivity index (χ0n) is 17.5. The van der Waals surface area contributed by atoms with Crippen molar-refractivity contribution in [2.24, 2.45) is 16.8 Å². The number of carbonyl (C=O) groups is 1. The van der Waals surface area contributed by atoms with E-state index in [1.165, 1.54) is 44.9 Å². The van der Waals surface area contributed by atoms with Gasteiger partial charge in [-0.05, 0) is 25.2 Å². The summed E-state index contributed by atoms with van der Waals surface area (Å²) in [4.78, 5) is 21.4. The van der Waals surface area contributed by atoms with Crippen LogP contribution in [0.1, 0.15) is 57.8 Å². The van der Waals surface area contributed by atoms with Crippen molar-refractivity contribution in [1.29, 1.82) is 0 Å². The number of hydrogen-bond donors (Lipinski definition) is 1. The van der Waals surface area contributed by atoms with Gasteiger partial charge in [0, 0.05) is 45.7 Å². The molecule has 28 heavy (non-hydrogen) atoms. The monoisotopic (exact) mass is 506 g/mol. The molecule has 2 saturated heterocycles. The molecule has 1 N–H and O–H groups in total. The summed E-state index contributed by atoms with van der Waals surface area (Å²) in [6.45, 7) is 5.72. The van der Waals surface area contributed by atoms with Crippen LogP contribution in [0.3, 0.4) is 0 Å². The molecule has 162 valence electrons. The van der Waals surface area contributed by atoms with E-state index in [1.807, 2.05) is 11.9 Å². The second kappa shape index (κ2) is 12.9. The lowest BCUT2D eigenvalue weighted by Crippen LogP contribution is -2.50. The van der Waals surface area contributed by atoms with Gasteiger partial charge >= 0.3 is 0 Å². The highest BCUT2D eigenvalue weighted by Gasteiger charge is 2.30. The largest absolute Gasteiger partial charge is 0.378 e. The van der Waals surface area contributed by atoms with Gasteiger partial charge in [-0.2, -0.15) is 0 Å². The molecule has 2 heterocycles. The highest BCUT2D eigenvalue weighted by molar-refractivity contribution is 14.0. The van der Waals surface area contributed by atoms with Crippen molar-refractivity contribution in [2.75, 3.05) is 53.0 Å². The summed E-state index contributed by atoms with van der Waals surface area (Å²) in [5.74, 6) is 2.50. The fraction of sp³-hybridized carbons (Fsp3) is 0.905. The van der Waals surface area contributed by atoms with Crippen LogP contribution < -0.4 is 5.32 Å². The van der Waals surface area contributed by atoms with Gasteiger partial charge in [-0.25, -0.2) is 0 Å². The number of unbranched alkanes of at least 4 members (excludes halogenated alkanes) is 1. The Hall–Kier alpha value is -0.570. The first-order valence-electron chi connectivity index (χ1n) is 11.1. The first-order chi connectivity index (χ1) is 13.3. The molecule has 0 bridgehead atoms. The predicted molar refractivity (Wildman–Crippen MR) is 124 cm³/mol. The van der Waals surface area contributed by atoms with Crippen molar-refractivity contribution in [3.8, 4) is 0 Å². The number of halogens is 1. The van der Waals surface area contributed by atoms with E-state index in [-0.39, 0.29) is 29.9 Å². The minimum atomic E-state index is 0. The van der Waals surface area contributed by atoms with Crippen molar-refractivity contribution in [3.05, 3.63) is 0 Å². The van der Waals surface area contributed by atoms with Crippen molar-refractivity contribution < 1.29 is 9.53 Å². The van der Waals surface area contributed by atoms with Gasteiger partial charge in [-0.1, -0.05) is 38.5 Å². The number of ether oxygens (including phenoxy) is 1. The van der Waals surface area contributed by atoms with Gasteiger partial charge in [-0.15, -0.1) is 24.0 Å². The second-order valence-corrected chi connectivity index (χ2v) is 8.32. The molecule has 1 aliphatic carbocycles. The summed E-state index contributed by atoms with van der Waals surface area (Å²) < 4.78 is 5.36. The number of piperidine rings is 1. The Labute approximate surface area is 187 Å². The van der Waals surface area contributed by atoms with Gasteiger partial charge in [0.15, 0.2) is 5.96 Å². The SMILES string of the molecule is CN=C(NCCCCC1CCCC1)N1CCC(C(=O)N2CCOCC2)CC1.I. The van der Waals surface area contributed by atoms with E-state index in [2.05, 4.69) is 15.2 Å². The number of nitrogens with zero attached hydrogens (tertiary/aromatic N) is 3.